The largest absolute Gasteiger partial charge is 0.371 e. The zero-order valence-corrected chi connectivity index (χ0v) is 17.1. The van der Waals surface area contributed by atoms with Gasteiger partial charge in [-0.1, -0.05) is 54.6 Å². The first-order chi connectivity index (χ1) is 13.4. The van der Waals surface area contributed by atoms with Crippen molar-refractivity contribution in [3.63, 3.8) is 0 Å². The number of hydrogen-bond acceptors (Lipinski definition) is 5. The van der Waals surface area contributed by atoms with Crippen LogP contribution in [0.4, 0.5) is 0 Å². The standard InChI is InChI=1S/C21H28N2O4S/c1-16(23-28(2,24)25)18-10-8-17(9-11-18)12-22-13-20-14-27-21(15-26-20)19-6-4-3-5-7-19/h3-11,16,20-23H,12-15H2,1-2H3. The average molecular weight is 405 g/mol. The van der Waals surface area contributed by atoms with Gasteiger partial charge in [0, 0.05) is 19.1 Å². The summed E-state index contributed by atoms with van der Waals surface area (Å²) >= 11 is 0. The van der Waals surface area contributed by atoms with Gasteiger partial charge in [0.05, 0.1) is 25.6 Å². The maximum Gasteiger partial charge on any atom is 0.209 e. The van der Waals surface area contributed by atoms with Crippen molar-refractivity contribution in [1.82, 2.24) is 10.0 Å². The fourth-order valence-electron chi connectivity index (χ4n) is 3.21. The van der Waals surface area contributed by atoms with Gasteiger partial charge in [0.25, 0.3) is 0 Å². The summed E-state index contributed by atoms with van der Waals surface area (Å²) in [6, 6.07) is 17.8. The highest BCUT2D eigenvalue weighted by Gasteiger charge is 2.23. The average Bonchev–Trinajstić information content (AvgIpc) is 2.68. The predicted molar refractivity (Wildman–Crippen MR) is 109 cm³/mol. The molecule has 2 N–H and O–H groups in total. The first-order valence-electron chi connectivity index (χ1n) is 9.46. The Kier molecular flexibility index (Phi) is 7.20. The molecule has 1 saturated heterocycles. The topological polar surface area (TPSA) is 76.7 Å². The highest BCUT2D eigenvalue weighted by molar-refractivity contribution is 7.88. The smallest absolute Gasteiger partial charge is 0.209 e. The Hall–Kier alpha value is -1.77. The Bertz CT molecular complexity index is 832. The van der Waals surface area contributed by atoms with E-state index in [0.29, 0.717) is 13.2 Å². The molecule has 0 aromatic heterocycles. The van der Waals surface area contributed by atoms with E-state index in [4.69, 9.17) is 9.47 Å². The number of nitrogens with one attached hydrogen (secondary N) is 2. The fourth-order valence-corrected chi connectivity index (χ4v) is 3.99. The molecular weight excluding hydrogens is 376 g/mol. The normalized spacial score (nSPS) is 21.4. The molecule has 3 rings (SSSR count). The maximum absolute atomic E-state index is 11.3. The van der Waals surface area contributed by atoms with E-state index in [9.17, 15) is 8.42 Å². The minimum absolute atomic E-state index is 0.00697. The number of hydrogen-bond donors (Lipinski definition) is 2. The zero-order valence-electron chi connectivity index (χ0n) is 16.3. The van der Waals surface area contributed by atoms with Crippen LogP contribution in [0.3, 0.4) is 0 Å². The Morgan fingerprint density at radius 2 is 1.75 bits per heavy atom. The third-order valence-electron chi connectivity index (χ3n) is 4.71. The molecule has 1 fully saturated rings. The Labute approximate surface area is 167 Å². The highest BCUT2D eigenvalue weighted by Crippen LogP contribution is 2.22. The second kappa shape index (κ2) is 9.62. The van der Waals surface area contributed by atoms with E-state index in [0.717, 1.165) is 29.8 Å². The predicted octanol–water partition coefficient (Wildman–Crippen LogP) is 2.54. The minimum Gasteiger partial charge on any atom is -0.371 e. The van der Waals surface area contributed by atoms with Crippen molar-refractivity contribution in [2.75, 3.05) is 26.0 Å². The first kappa shape index (κ1) is 21.0. The van der Waals surface area contributed by atoms with Gasteiger partial charge in [-0.3, -0.25) is 0 Å². The van der Waals surface area contributed by atoms with Crippen LogP contribution in [0.15, 0.2) is 54.6 Å². The lowest BCUT2D eigenvalue weighted by atomic mass is 10.1. The monoisotopic (exact) mass is 404 g/mol. The van der Waals surface area contributed by atoms with Crippen LogP contribution in [0.5, 0.6) is 0 Å². The molecule has 0 amide bonds. The Balaban J connectivity index is 1.40. The molecule has 2 aromatic rings. The van der Waals surface area contributed by atoms with Crippen LogP contribution < -0.4 is 10.0 Å². The van der Waals surface area contributed by atoms with Gasteiger partial charge in [-0.25, -0.2) is 13.1 Å². The van der Waals surface area contributed by atoms with Crippen molar-refractivity contribution < 1.29 is 17.9 Å². The van der Waals surface area contributed by atoms with Crippen molar-refractivity contribution in [2.24, 2.45) is 0 Å². The van der Waals surface area contributed by atoms with E-state index in [-0.39, 0.29) is 18.2 Å². The summed E-state index contributed by atoms with van der Waals surface area (Å²) < 4.78 is 37.1. The van der Waals surface area contributed by atoms with Crippen molar-refractivity contribution in [2.45, 2.75) is 31.7 Å². The van der Waals surface area contributed by atoms with Crippen LogP contribution in [0.2, 0.25) is 0 Å². The lowest BCUT2D eigenvalue weighted by molar-refractivity contribution is -0.133. The maximum atomic E-state index is 11.3. The van der Waals surface area contributed by atoms with E-state index in [1.165, 1.54) is 6.26 Å². The van der Waals surface area contributed by atoms with Crippen molar-refractivity contribution >= 4 is 10.0 Å². The molecule has 0 bridgehead atoms. The Morgan fingerprint density at radius 3 is 2.36 bits per heavy atom. The van der Waals surface area contributed by atoms with Gasteiger partial charge in [0.1, 0.15) is 6.10 Å². The van der Waals surface area contributed by atoms with E-state index in [2.05, 4.69) is 22.2 Å². The van der Waals surface area contributed by atoms with Crippen LogP contribution in [0.1, 0.15) is 35.8 Å². The quantitative estimate of drug-likeness (QED) is 0.707. The SMILES string of the molecule is CC(NS(C)(=O)=O)c1ccc(CNCC2COC(c3ccccc3)CO2)cc1. The van der Waals surface area contributed by atoms with Crippen LogP contribution >= 0.6 is 0 Å². The third kappa shape index (κ3) is 6.39. The van der Waals surface area contributed by atoms with Crippen LogP contribution in [-0.4, -0.2) is 40.5 Å². The molecule has 152 valence electrons. The van der Waals surface area contributed by atoms with Gasteiger partial charge in [-0.05, 0) is 23.6 Å². The van der Waals surface area contributed by atoms with Gasteiger partial charge in [-0.2, -0.15) is 0 Å². The van der Waals surface area contributed by atoms with Crippen LogP contribution in [0, 0.1) is 0 Å². The lowest BCUT2D eigenvalue weighted by Gasteiger charge is -2.30. The van der Waals surface area contributed by atoms with Gasteiger partial charge >= 0.3 is 0 Å². The second-order valence-corrected chi connectivity index (χ2v) is 8.95. The molecule has 3 unspecified atom stereocenters. The summed E-state index contributed by atoms with van der Waals surface area (Å²) in [6.45, 7) is 4.40. The molecule has 0 radical (unpaired) electrons. The molecule has 0 spiro atoms. The fraction of sp³-hybridized carbons (Fsp3) is 0.429. The first-order valence-corrected chi connectivity index (χ1v) is 11.3. The van der Waals surface area contributed by atoms with E-state index in [1.54, 1.807) is 0 Å². The summed E-state index contributed by atoms with van der Waals surface area (Å²) in [5.41, 5.74) is 3.22. The second-order valence-electron chi connectivity index (χ2n) is 7.17. The summed E-state index contributed by atoms with van der Waals surface area (Å²) in [5, 5.41) is 3.40. The minimum atomic E-state index is -3.22. The van der Waals surface area contributed by atoms with E-state index >= 15 is 0 Å². The van der Waals surface area contributed by atoms with Crippen LogP contribution in [-0.2, 0) is 26.0 Å². The molecule has 6 nitrogen and oxygen atoms in total. The molecule has 1 aliphatic heterocycles. The molecule has 3 atom stereocenters. The van der Waals surface area contributed by atoms with Gasteiger partial charge in [-0.15, -0.1) is 0 Å². The van der Waals surface area contributed by atoms with Crippen molar-refractivity contribution in [1.29, 1.82) is 0 Å². The molecule has 1 aliphatic rings. The Morgan fingerprint density at radius 1 is 1.04 bits per heavy atom. The molecule has 1 heterocycles. The van der Waals surface area contributed by atoms with Crippen molar-refractivity contribution in [3.05, 3.63) is 71.3 Å². The summed E-state index contributed by atoms with van der Waals surface area (Å²) in [5.74, 6) is 0. The summed E-state index contributed by atoms with van der Waals surface area (Å²) in [7, 11) is -3.22. The van der Waals surface area contributed by atoms with Crippen molar-refractivity contribution in [3.8, 4) is 0 Å². The third-order valence-corrected chi connectivity index (χ3v) is 5.49. The molecule has 7 heteroatoms. The molecular formula is C21H28N2O4S. The van der Waals surface area contributed by atoms with Gasteiger partial charge in [0.2, 0.25) is 10.0 Å². The lowest BCUT2D eigenvalue weighted by Crippen LogP contribution is -2.38. The number of rotatable bonds is 8. The van der Waals surface area contributed by atoms with Crippen LogP contribution in [0.25, 0.3) is 0 Å². The zero-order chi connectivity index (χ0) is 20.0. The summed E-state index contributed by atoms with van der Waals surface area (Å²) in [6.07, 6.45) is 1.21. The highest BCUT2D eigenvalue weighted by atomic mass is 32.2. The van der Waals surface area contributed by atoms with E-state index < -0.39 is 10.0 Å². The molecule has 0 saturated carbocycles. The van der Waals surface area contributed by atoms with Gasteiger partial charge in [0.15, 0.2) is 0 Å². The molecule has 28 heavy (non-hydrogen) atoms. The molecule has 0 aliphatic carbocycles. The van der Waals surface area contributed by atoms with E-state index in [1.807, 2.05) is 49.4 Å². The number of sulfonamides is 1. The number of benzene rings is 2. The summed E-state index contributed by atoms with van der Waals surface area (Å²) in [4.78, 5) is 0. The van der Waals surface area contributed by atoms with Gasteiger partial charge < -0.3 is 14.8 Å². The number of ether oxygens (including phenoxy) is 2. The molecule has 2 aromatic carbocycles.